The molecule has 0 unspecified atom stereocenters. The lowest BCUT2D eigenvalue weighted by Gasteiger charge is -2.09. The average molecular weight is 345 g/mol. The third kappa shape index (κ3) is 5.52. The molecule has 1 heterocycles. The maximum atomic E-state index is 12.2. The zero-order valence-corrected chi connectivity index (χ0v) is 15.0. The summed E-state index contributed by atoms with van der Waals surface area (Å²) in [5.74, 6) is 0.833. The van der Waals surface area contributed by atoms with E-state index in [4.69, 9.17) is 4.74 Å². The SMILES string of the molecule is CCCCCOc1ccc(-c2nc(O)c(NCCCC)c(=O)[nH]2)cc1. The number of anilines is 1. The fraction of sp³-hybridized carbons (Fsp3) is 0.474. The number of nitrogens with one attached hydrogen (secondary N) is 2. The fourth-order valence-electron chi connectivity index (χ4n) is 2.40. The summed E-state index contributed by atoms with van der Waals surface area (Å²) < 4.78 is 5.67. The van der Waals surface area contributed by atoms with Crippen LogP contribution in [-0.4, -0.2) is 28.2 Å². The Morgan fingerprint density at radius 3 is 2.48 bits per heavy atom. The Morgan fingerprint density at radius 2 is 1.84 bits per heavy atom. The smallest absolute Gasteiger partial charge is 0.278 e. The van der Waals surface area contributed by atoms with Gasteiger partial charge in [-0.1, -0.05) is 33.1 Å². The molecule has 0 aliphatic heterocycles. The van der Waals surface area contributed by atoms with E-state index in [-0.39, 0.29) is 17.1 Å². The van der Waals surface area contributed by atoms with Crippen molar-refractivity contribution in [3.05, 3.63) is 34.6 Å². The molecule has 6 heteroatoms. The summed E-state index contributed by atoms with van der Waals surface area (Å²) in [6, 6.07) is 7.31. The van der Waals surface area contributed by atoms with Gasteiger partial charge < -0.3 is 20.1 Å². The van der Waals surface area contributed by atoms with Crippen LogP contribution in [0.15, 0.2) is 29.1 Å². The Hall–Kier alpha value is -2.50. The largest absolute Gasteiger partial charge is 0.494 e. The first-order valence-corrected chi connectivity index (χ1v) is 8.96. The van der Waals surface area contributed by atoms with Gasteiger partial charge in [0.25, 0.3) is 5.56 Å². The molecule has 0 aliphatic carbocycles. The molecular formula is C19H27N3O3. The first-order chi connectivity index (χ1) is 12.2. The maximum absolute atomic E-state index is 12.2. The molecule has 2 rings (SSSR count). The first kappa shape index (κ1) is 18.8. The van der Waals surface area contributed by atoms with Crippen molar-refractivity contribution in [1.29, 1.82) is 0 Å². The molecule has 1 aromatic carbocycles. The van der Waals surface area contributed by atoms with Crippen molar-refractivity contribution in [2.24, 2.45) is 0 Å². The van der Waals surface area contributed by atoms with Crippen molar-refractivity contribution in [1.82, 2.24) is 9.97 Å². The van der Waals surface area contributed by atoms with Crippen molar-refractivity contribution in [3.63, 3.8) is 0 Å². The number of ether oxygens (including phenoxy) is 1. The molecule has 6 nitrogen and oxygen atoms in total. The molecule has 0 spiro atoms. The molecule has 0 saturated carbocycles. The van der Waals surface area contributed by atoms with Gasteiger partial charge in [-0.25, -0.2) is 0 Å². The number of aromatic hydroxyl groups is 1. The van der Waals surface area contributed by atoms with Crippen LogP contribution in [0, 0.1) is 0 Å². The number of aromatic amines is 1. The zero-order valence-electron chi connectivity index (χ0n) is 15.0. The maximum Gasteiger partial charge on any atom is 0.278 e. The highest BCUT2D eigenvalue weighted by Gasteiger charge is 2.11. The number of H-pyrrole nitrogens is 1. The molecule has 0 amide bonds. The van der Waals surface area contributed by atoms with E-state index in [1.54, 1.807) is 0 Å². The summed E-state index contributed by atoms with van der Waals surface area (Å²) in [6.45, 7) is 5.53. The van der Waals surface area contributed by atoms with Crippen molar-refractivity contribution < 1.29 is 9.84 Å². The van der Waals surface area contributed by atoms with Crippen molar-refractivity contribution in [2.45, 2.75) is 46.0 Å². The summed E-state index contributed by atoms with van der Waals surface area (Å²) in [4.78, 5) is 19.0. The molecule has 3 N–H and O–H groups in total. The molecule has 0 bridgehead atoms. The molecule has 0 fully saturated rings. The molecule has 1 aromatic heterocycles. The highest BCUT2D eigenvalue weighted by molar-refractivity contribution is 5.60. The monoisotopic (exact) mass is 345 g/mol. The minimum Gasteiger partial charge on any atom is -0.494 e. The Bertz CT molecular complexity index is 711. The van der Waals surface area contributed by atoms with Crippen LogP contribution in [0.25, 0.3) is 11.4 Å². The quantitative estimate of drug-likeness (QED) is 0.568. The van der Waals surface area contributed by atoms with Gasteiger partial charge in [0.15, 0.2) is 5.69 Å². The molecule has 136 valence electrons. The van der Waals surface area contributed by atoms with Crippen LogP contribution >= 0.6 is 0 Å². The molecule has 0 radical (unpaired) electrons. The Morgan fingerprint density at radius 1 is 1.12 bits per heavy atom. The lowest BCUT2D eigenvalue weighted by atomic mass is 10.2. The van der Waals surface area contributed by atoms with Gasteiger partial charge in [0.05, 0.1) is 6.61 Å². The van der Waals surface area contributed by atoms with Crippen molar-refractivity contribution in [2.75, 3.05) is 18.5 Å². The summed E-state index contributed by atoms with van der Waals surface area (Å²) >= 11 is 0. The second-order valence-corrected chi connectivity index (χ2v) is 5.97. The number of hydrogen-bond donors (Lipinski definition) is 3. The lowest BCUT2D eigenvalue weighted by molar-refractivity contribution is 0.306. The Balaban J connectivity index is 2.07. The standard InChI is InChI=1S/C19H27N3O3/c1-3-5-7-13-25-15-10-8-14(9-11-15)17-21-18(23)16(19(24)22-17)20-12-6-4-2/h8-11,20H,3-7,12-13H2,1-2H3,(H2,21,22,23,24). The van der Waals surface area contributed by atoms with Gasteiger partial charge in [0.1, 0.15) is 11.6 Å². The number of benzene rings is 1. The van der Waals surface area contributed by atoms with Crippen LogP contribution in [-0.2, 0) is 0 Å². The second kappa shape index (κ2) is 9.71. The van der Waals surface area contributed by atoms with E-state index in [0.717, 1.165) is 37.9 Å². The van der Waals surface area contributed by atoms with E-state index in [0.29, 0.717) is 24.5 Å². The van der Waals surface area contributed by atoms with Gasteiger partial charge >= 0.3 is 0 Å². The third-order valence-electron chi connectivity index (χ3n) is 3.88. The van der Waals surface area contributed by atoms with Crippen molar-refractivity contribution >= 4 is 5.69 Å². The second-order valence-electron chi connectivity index (χ2n) is 5.97. The van der Waals surface area contributed by atoms with Crippen LogP contribution in [0.1, 0.15) is 46.0 Å². The summed E-state index contributed by atoms with van der Waals surface area (Å²) in [6.07, 6.45) is 5.27. The van der Waals surface area contributed by atoms with Crippen LogP contribution in [0.4, 0.5) is 5.69 Å². The van der Waals surface area contributed by atoms with E-state index in [1.165, 1.54) is 0 Å². The normalized spacial score (nSPS) is 10.6. The molecule has 25 heavy (non-hydrogen) atoms. The summed E-state index contributed by atoms with van der Waals surface area (Å²) in [7, 11) is 0. The van der Waals surface area contributed by atoms with E-state index in [1.807, 2.05) is 24.3 Å². The van der Waals surface area contributed by atoms with E-state index < -0.39 is 0 Å². The molecule has 0 aliphatic rings. The number of rotatable bonds is 10. The van der Waals surface area contributed by atoms with Gasteiger partial charge in [-0.05, 0) is 37.1 Å². The van der Waals surface area contributed by atoms with E-state index in [2.05, 4.69) is 29.1 Å². The van der Waals surface area contributed by atoms with E-state index in [9.17, 15) is 9.90 Å². The fourth-order valence-corrected chi connectivity index (χ4v) is 2.40. The average Bonchev–Trinajstić information content (AvgIpc) is 2.61. The van der Waals surface area contributed by atoms with Crippen molar-refractivity contribution in [3.8, 4) is 23.0 Å². The minimum atomic E-state index is -0.376. The van der Waals surface area contributed by atoms with Gasteiger partial charge in [0, 0.05) is 12.1 Å². The van der Waals surface area contributed by atoms with Crippen LogP contribution in [0.5, 0.6) is 11.6 Å². The summed E-state index contributed by atoms with van der Waals surface area (Å²) in [5, 5.41) is 13.0. The number of nitrogens with zero attached hydrogens (tertiary/aromatic N) is 1. The Kier molecular flexibility index (Phi) is 7.32. The number of aromatic nitrogens is 2. The number of unbranched alkanes of at least 4 members (excludes halogenated alkanes) is 3. The highest BCUT2D eigenvalue weighted by atomic mass is 16.5. The third-order valence-corrected chi connectivity index (χ3v) is 3.88. The Labute approximate surface area is 148 Å². The molecule has 0 atom stereocenters. The van der Waals surface area contributed by atoms with E-state index >= 15 is 0 Å². The van der Waals surface area contributed by atoms with Crippen LogP contribution < -0.4 is 15.6 Å². The molecular weight excluding hydrogens is 318 g/mol. The predicted molar refractivity (Wildman–Crippen MR) is 100 cm³/mol. The summed E-state index contributed by atoms with van der Waals surface area (Å²) in [5.41, 5.74) is 0.458. The molecule has 0 saturated heterocycles. The number of hydrogen-bond acceptors (Lipinski definition) is 5. The topological polar surface area (TPSA) is 87.2 Å². The zero-order chi connectivity index (χ0) is 18.1. The van der Waals surface area contributed by atoms with Gasteiger partial charge in [-0.15, -0.1) is 0 Å². The minimum absolute atomic E-state index is 0.119. The first-order valence-electron chi connectivity index (χ1n) is 8.96. The van der Waals surface area contributed by atoms with Gasteiger partial charge in [-0.3, -0.25) is 4.79 Å². The van der Waals surface area contributed by atoms with Crippen LogP contribution in [0.2, 0.25) is 0 Å². The lowest BCUT2D eigenvalue weighted by Crippen LogP contribution is -2.17. The van der Waals surface area contributed by atoms with Gasteiger partial charge in [-0.2, -0.15) is 4.98 Å². The van der Waals surface area contributed by atoms with Gasteiger partial charge in [0.2, 0.25) is 5.88 Å². The van der Waals surface area contributed by atoms with Crippen LogP contribution in [0.3, 0.4) is 0 Å². The molecule has 2 aromatic rings. The highest BCUT2D eigenvalue weighted by Crippen LogP contribution is 2.23. The predicted octanol–water partition coefficient (Wildman–Crippen LogP) is 3.92.